The largest absolute Gasteiger partial charge is 0.497 e. The summed E-state index contributed by atoms with van der Waals surface area (Å²) in [5.41, 5.74) is 0.811. The third-order valence-electron chi connectivity index (χ3n) is 3.67. The Balaban J connectivity index is 2.26. The van der Waals surface area contributed by atoms with E-state index in [1.165, 1.54) is 25.1 Å². The first-order valence-electron chi connectivity index (χ1n) is 7.06. The van der Waals surface area contributed by atoms with Gasteiger partial charge in [0, 0.05) is 12.1 Å². The second-order valence-electron chi connectivity index (χ2n) is 4.96. The van der Waals surface area contributed by atoms with Gasteiger partial charge in [0.2, 0.25) is 0 Å². The molecule has 3 aromatic rings. The van der Waals surface area contributed by atoms with Crippen LogP contribution in [0.5, 0.6) is 17.2 Å². The predicted molar refractivity (Wildman–Crippen MR) is 92.0 cm³/mol. The van der Waals surface area contributed by atoms with Crippen LogP contribution < -0.4 is 19.8 Å². The Labute approximate surface area is 143 Å². The van der Waals surface area contributed by atoms with Crippen LogP contribution in [0.1, 0.15) is 0 Å². The van der Waals surface area contributed by atoms with E-state index in [0.717, 1.165) is 0 Å². The van der Waals surface area contributed by atoms with Gasteiger partial charge in [0.15, 0.2) is 0 Å². The van der Waals surface area contributed by atoms with Gasteiger partial charge in [0.05, 0.1) is 37.6 Å². The number of nitrogens with zero attached hydrogens (tertiary/aromatic N) is 2. The summed E-state index contributed by atoms with van der Waals surface area (Å²) in [6, 6.07) is 8.40. The molecule has 0 saturated carbocycles. The maximum atomic E-state index is 12.9. The molecular weight excluding hydrogens is 332 g/mol. The molecule has 6 nitrogen and oxygen atoms in total. The summed E-state index contributed by atoms with van der Waals surface area (Å²) in [5.74, 6) is 1.50. The minimum absolute atomic E-state index is 0.263. The minimum atomic E-state index is -0.263. The van der Waals surface area contributed by atoms with Crippen molar-refractivity contribution in [1.82, 2.24) is 9.55 Å². The highest BCUT2D eigenvalue weighted by molar-refractivity contribution is 6.32. The first kappa shape index (κ1) is 16.1. The molecule has 1 heterocycles. The normalized spacial score (nSPS) is 10.7. The molecule has 1 aromatic heterocycles. The summed E-state index contributed by atoms with van der Waals surface area (Å²) in [6.07, 6.45) is 1.45. The zero-order valence-corrected chi connectivity index (χ0v) is 14.1. The number of hydrogen-bond acceptors (Lipinski definition) is 5. The molecule has 0 aliphatic carbocycles. The van der Waals surface area contributed by atoms with Crippen LogP contribution in [0.15, 0.2) is 41.5 Å². The van der Waals surface area contributed by atoms with E-state index in [2.05, 4.69) is 4.98 Å². The van der Waals surface area contributed by atoms with Crippen molar-refractivity contribution in [3.63, 3.8) is 0 Å². The summed E-state index contributed by atoms with van der Waals surface area (Å²) in [4.78, 5) is 17.2. The highest BCUT2D eigenvalue weighted by Crippen LogP contribution is 2.29. The first-order valence-corrected chi connectivity index (χ1v) is 7.44. The van der Waals surface area contributed by atoms with Crippen LogP contribution in [0.2, 0.25) is 5.02 Å². The average Bonchev–Trinajstić information content (AvgIpc) is 2.60. The van der Waals surface area contributed by atoms with E-state index >= 15 is 0 Å². The van der Waals surface area contributed by atoms with Crippen LogP contribution in [0.3, 0.4) is 0 Å². The van der Waals surface area contributed by atoms with Crippen molar-refractivity contribution in [2.75, 3.05) is 21.3 Å². The van der Waals surface area contributed by atoms with E-state index in [1.807, 2.05) is 0 Å². The monoisotopic (exact) mass is 346 g/mol. The number of methoxy groups -OCH3 is 3. The van der Waals surface area contributed by atoms with Crippen molar-refractivity contribution in [2.24, 2.45) is 0 Å². The molecule has 0 spiro atoms. The Bertz CT molecular complexity index is 969. The second-order valence-corrected chi connectivity index (χ2v) is 5.37. The number of halogens is 1. The lowest BCUT2D eigenvalue weighted by atomic mass is 10.2. The minimum Gasteiger partial charge on any atom is -0.497 e. The summed E-state index contributed by atoms with van der Waals surface area (Å²) < 4.78 is 17.1. The fourth-order valence-corrected chi connectivity index (χ4v) is 2.71. The number of rotatable bonds is 4. The van der Waals surface area contributed by atoms with Gasteiger partial charge in [0.1, 0.15) is 29.0 Å². The molecule has 3 rings (SSSR count). The van der Waals surface area contributed by atoms with Crippen molar-refractivity contribution in [3.05, 3.63) is 52.0 Å². The van der Waals surface area contributed by atoms with Gasteiger partial charge < -0.3 is 14.2 Å². The predicted octanol–water partition coefficient (Wildman–Crippen LogP) is 3.06. The van der Waals surface area contributed by atoms with E-state index in [9.17, 15) is 4.79 Å². The topological polar surface area (TPSA) is 62.6 Å². The van der Waals surface area contributed by atoms with Gasteiger partial charge in [-0.1, -0.05) is 11.6 Å². The molecule has 0 N–H and O–H groups in total. The SMILES string of the molecule is COc1cc(OC)c2c(=O)n(-c3ccc(OC)c(Cl)c3)cnc2c1. The molecule has 0 amide bonds. The fourth-order valence-electron chi connectivity index (χ4n) is 2.45. The lowest BCUT2D eigenvalue weighted by molar-refractivity contribution is 0.397. The highest BCUT2D eigenvalue weighted by Gasteiger charge is 2.14. The molecule has 0 unspecified atom stereocenters. The number of aromatic nitrogens is 2. The van der Waals surface area contributed by atoms with Crippen LogP contribution in [0.25, 0.3) is 16.6 Å². The van der Waals surface area contributed by atoms with Gasteiger partial charge in [-0.25, -0.2) is 4.98 Å². The number of benzene rings is 2. The van der Waals surface area contributed by atoms with Crippen molar-refractivity contribution in [3.8, 4) is 22.9 Å². The van der Waals surface area contributed by atoms with Crippen molar-refractivity contribution in [2.45, 2.75) is 0 Å². The van der Waals surface area contributed by atoms with Gasteiger partial charge in [-0.05, 0) is 18.2 Å². The maximum Gasteiger partial charge on any atom is 0.269 e. The van der Waals surface area contributed by atoms with Gasteiger partial charge in [-0.2, -0.15) is 0 Å². The lowest BCUT2D eigenvalue weighted by Crippen LogP contribution is -2.19. The van der Waals surface area contributed by atoms with E-state index in [4.69, 9.17) is 25.8 Å². The Hall–Kier alpha value is -2.73. The van der Waals surface area contributed by atoms with Crippen LogP contribution >= 0.6 is 11.6 Å². The van der Waals surface area contributed by atoms with Gasteiger partial charge in [0.25, 0.3) is 5.56 Å². The Morgan fingerprint density at radius 1 is 1.00 bits per heavy atom. The number of ether oxygens (including phenoxy) is 3. The molecular formula is C17H15ClN2O4. The maximum absolute atomic E-state index is 12.9. The molecule has 2 aromatic carbocycles. The van der Waals surface area contributed by atoms with Crippen LogP contribution in [-0.4, -0.2) is 30.9 Å². The molecule has 0 fully saturated rings. The first-order chi connectivity index (χ1) is 11.6. The zero-order chi connectivity index (χ0) is 17.3. The smallest absolute Gasteiger partial charge is 0.269 e. The highest BCUT2D eigenvalue weighted by atomic mass is 35.5. The molecule has 0 aliphatic heterocycles. The van der Waals surface area contributed by atoms with Crippen molar-refractivity contribution >= 4 is 22.5 Å². The number of fused-ring (bicyclic) bond motifs is 1. The van der Waals surface area contributed by atoms with Crippen LogP contribution in [-0.2, 0) is 0 Å². The fraction of sp³-hybridized carbons (Fsp3) is 0.176. The van der Waals surface area contributed by atoms with Gasteiger partial charge in [-0.15, -0.1) is 0 Å². The van der Waals surface area contributed by atoms with Crippen molar-refractivity contribution in [1.29, 1.82) is 0 Å². The Morgan fingerprint density at radius 3 is 2.38 bits per heavy atom. The Morgan fingerprint density at radius 2 is 1.75 bits per heavy atom. The second kappa shape index (κ2) is 6.41. The average molecular weight is 347 g/mol. The van der Waals surface area contributed by atoms with Crippen LogP contribution in [0.4, 0.5) is 0 Å². The summed E-state index contributed by atoms with van der Waals surface area (Å²) in [5, 5.41) is 0.774. The summed E-state index contributed by atoms with van der Waals surface area (Å²) >= 11 is 6.15. The van der Waals surface area contributed by atoms with E-state index in [0.29, 0.717) is 38.9 Å². The quantitative estimate of drug-likeness (QED) is 0.726. The molecule has 0 atom stereocenters. The summed E-state index contributed by atoms with van der Waals surface area (Å²) in [7, 11) is 4.57. The molecule has 0 radical (unpaired) electrons. The van der Waals surface area contributed by atoms with E-state index < -0.39 is 0 Å². The molecule has 0 aliphatic rings. The standard InChI is InChI=1S/C17H15ClN2O4/c1-22-11-7-13-16(15(8-11)24-3)17(21)20(9-19-13)10-4-5-14(23-2)12(18)6-10/h4-9H,1-3H3. The zero-order valence-electron chi connectivity index (χ0n) is 13.4. The summed E-state index contributed by atoms with van der Waals surface area (Å²) in [6.45, 7) is 0. The van der Waals surface area contributed by atoms with E-state index in [1.54, 1.807) is 37.4 Å². The van der Waals surface area contributed by atoms with Crippen molar-refractivity contribution < 1.29 is 14.2 Å². The van der Waals surface area contributed by atoms with Crippen LogP contribution in [0, 0.1) is 0 Å². The van der Waals surface area contributed by atoms with Gasteiger partial charge in [-0.3, -0.25) is 9.36 Å². The van der Waals surface area contributed by atoms with Gasteiger partial charge >= 0.3 is 0 Å². The number of hydrogen-bond donors (Lipinski definition) is 0. The Kier molecular flexibility index (Phi) is 4.31. The molecule has 0 saturated heterocycles. The molecule has 7 heteroatoms. The molecule has 0 bridgehead atoms. The third kappa shape index (κ3) is 2.65. The van der Waals surface area contributed by atoms with E-state index in [-0.39, 0.29) is 5.56 Å². The third-order valence-corrected chi connectivity index (χ3v) is 3.96. The molecule has 24 heavy (non-hydrogen) atoms. The molecule has 124 valence electrons. The lowest BCUT2D eigenvalue weighted by Gasteiger charge is -2.11.